The molecule has 1 aromatic heterocycles. The first-order valence-corrected chi connectivity index (χ1v) is 14.2. The Balaban J connectivity index is 1.42. The summed E-state index contributed by atoms with van der Waals surface area (Å²) in [5.41, 5.74) is -3.36. The van der Waals surface area contributed by atoms with Crippen LogP contribution in [0.3, 0.4) is 0 Å². The van der Waals surface area contributed by atoms with Crippen LogP contribution in [0.2, 0.25) is 0 Å². The van der Waals surface area contributed by atoms with Gasteiger partial charge in [0.1, 0.15) is 5.58 Å². The molecule has 1 aliphatic rings. The molecule has 0 bridgehead atoms. The fourth-order valence-electron chi connectivity index (χ4n) is 5.27. The van der Waals surface area contributed by atoms with Gasteiger partial charge in [0, 0.05) is 34.7 Å². The molecule has 1 N–H and O–H groups in total. The van der Waals surface area contributed by atoms with Crippen molar-refractivity contribution in [2.45, 2.75) is 43.7 Å². The summed E-state index contributed by atoms with van der Waals surface area (Å²) < 4.78 is 87.2. The minimum absolute atomic E-state index is 0.0238. The summed E-state index contributed by atoms with van der Waals surface area (Å²) in [6.07, 6.45) is -9.69. The first kappa shape index (κ1) is 31.3. The summed E-state index contributed by atoms with van der Waals surface area (Å²) in [6, 6.07) is 14.2. The van der Waals surface area contributed by atoms with Gasteiger partial charge in [-0.3, -0.25) is 14.4 Å². The van der Waals surface area contributed by atoms with Crippen LogP contribution in [0.5, 0.6) is 0 Å². The van der Waals surface area contributed by atoms with E-state index in [2.05, 4.69) is 21.2 Å². The fourth-order valence-corrected chi connectivity index (χ4v) is 5.63. The SMILES string of the molecule is O=C(NC1CCN(C(=O)c2cc(C(F)(F)F)cc(C(F)(F)F)c2)C(Cc2ccccc2)C1)c1cc(=O)c2cc(Br)ccc2o1. The fraction of sp³-hybridized carbons (Fsp3) is 0.258. The van der Waals surface area contributed by atoms with Gasteiger partial charge in [0.25, 0.3) is 11.8 Å². The molecule has 5 rings (SSSR count). The number of carbonyl (C=O) groups excluding carboxylic acids is 2. The Bertz CT molecular complexity index is 1740. The zero-order valence-electron chi connectivity index (χ0n) is 22.6. The molecule has 13 heteroatoms. The van der Waals surface area contributed by atoms with Crippen molar-refractivity contribution in [2.75, 3.05) is 6.54 Å². The molecule has 1 fully saturated rings. The lowest BCUT2D eigenvalue weighted by Crippen LogP contribution is -2.52. The van der Waals surface area contributed by atoms with Crippen molar-refractivity contribution in [1.29, 1.82) is 0 Å². The normalized spacial score (nSPS) is 17.5. The summed E-state index contributed by atoms with van der Waals surface area (Å²) in [5.74, 6) is -1.89. The average Bonchev–Trinajstić information content (AvgIpc) is 2.96. The summed E-state index contributed by atoms with van der Waals surface area (Å²) in [6.45, 7) is -0.0609. The number of amides is 2. The minimum atomic E-state index is -5.11. The van der Waals surface area contributed by atoms with Gasteiger partial charge in [0.2, 0.25) is 0 Å². The monoisotopic (exact) mass is 680 g/mol. The molecule has 0 aliphatic carbocycles. The third-order valence-corrected chi connectivity index (χ3v) is 7.87. The molecule has 4 aromatic rings. The third-order valence-electron chi connectivity index (χ3n) is 7.37. The van der Waals surface area contributed by atoms with Crippen LogP contribution in [0.1, 0.15) is 50.4 Å². The first-order chi connectivity index (χ1) is 20.7. The highest BCUT2D eigenvalue weighted by atomic mass is 79.9. The lowest BCUT2D eigenvalue weighted by Gasteiger charge is -2.40. The average molecular weight is 681 g/mol. The number of nitrogens with one attached hydrogen (secondary N) is 1. The van der Waals surface area contributed by atoms with Gasteiger partial charge >= 0.3 is 12.4 Å². The smallest absolute Gasteiger partial charge is 0.416 e. The molecule has 2 atom stereocenters. The lowest BCUT2D eigenvalue weighted by molar-refractivity contribution is -0.143. The summed E-state index contributed by atoms with van der Waals surface area (Å²) in [5, 5.41) is 3.07. The summed E-state index contributed by atoms with van der Waals surface area (Å²) in [4.78, 5) is 40.5. The maximum Gasteiger partial charge on any atom is 0.416 e. The number of hydrogen-bond donors (Lipinski definition) is 1. The lowest BCUT2D eigenvalue weighted by atomic mass is 9.91. The molecular weight excluding hydrogens is 658 g/mol. The van der Waals surface area contributed by atoms with Crippen molar-refractivity contribution in [3.05, 3.63) is 116 Å². The maximum atomic E-state index is 13.5. The quantitative estimate of drug-likeness (QED) is 0.226. The minimum Gasteiger partial charge on any atom is -0.451 e. The molecule has 1 saturated heterocycles. The van der Waals surface area contributed by atoms with Crippen LogP contribution in [0, 0.1) is 0 Å². The van der Waals surface area contributed by atoms with Crippen molar-refractivity contribution in [3.63, 3.8) is 0 Å². The van der Waals surface area contributed by atoms with E-state index in [1.165, 1.54) is 11.0 Å². The number of halogens is 7. The van der Waals surface area contributed by atoms with Crippen LogP contribution in [0.4, 0.5) is 26.3 Å². The van der Waals surface area contributed by atoms with Crippen molar-refractivity contribution >= 4 is 38.7 Å². The zero-order chi connectivity index (χ0) is 31.8. The molecule has 2 unspecified atom stereocenters. The van der Waals surface area contributed by atoms with Crippen molar-refractivity contribution in [1.82, 2.24) is 10.2 Å². The van der Waals surface area contributed by atoms with Gasteiger partial charge in [0.15, 0.2) is 11.2 Å². The van der Waals surface area contributed by atoms with Gasteiger partial charge in [-0.25, -0.2) is 0 Å². The number of carbonyl (C=O) groups is 2. The molecule has 2 amide bonds. The predicted molar refractivity (Wildman–Crippen MR) is 152 cm³/mol. The van der Waals surface area contributed by atoms with Gasteiger partial charge in [-0.15, -0.1) is 0 Å². The molecule has 2 heterocycles. The Hall–Kier alpha value is -4.13. The molecule has 0 saturated carbocycles. The highest BCUT2D eigenvalue weighted by Gasteiger charge is 2.39. The van der Waals surface area contributed by atoms with E-state index in [9.17, 15) is 40.7 Å². The van der Waals surface area contributed by atoms with Gasteiger partial charge in [-0.1, -0.05) is 46.3 Å². The molecule has 44 heavy (non-hydrogen) atoms. The zero-order valence-corrected chi connectivity index (χ0v) is 24.2. The van der Waals surface area contributed by atoms with Crippen LogP contribution in [0.25, 0.3) is 11.0 Å². The molecule has 1 aliphatic heterocycles. The van der Waals surface area contributed by atoms with E-state index in [0.717, 1.165) is 11.6 Å². The number of rotatable bonds is 5. The van der Waals surface area contributed by atoms with Crippen molar-refractivity contribution in [2.24, 2.45) is 0 Å². The van der Waals surface area contributed by atoms with E-state index in [-0.39, 0.29) is 48.6 Å². The molecular formula is C31H23BrF6N2O4. The predicted octanol–water partition coefficient (Wildman–Crippen LogP) is 7.24. The van der Waals surface area contributed by atoms with Gasteiger partial charge in [-0.2, -0.15) is 26.3 Å². The van der Waals surface area contributed by atoms with Gasteiger partial charge in [0.05, 0.1) is 16.5 Å². The van der Waals surface area contributed by atoms with Crippen molar-refractivity contribution in [3.8, 4) is 0 Å². The second-order valence-electron chi connectivity index (χ2n) is 10.4. The van der Waals surface area contributed by atoms with Crippen LogP contribution in [0.15, 0.2) is 86.5 Å². The van der Waals surface area contributed by atoms with Crippen LogP contribution < -0.4 is 10.7 Å². The van der Waals surface area contributed by atoms with Crippen LogP contribution in [-0.4, -0.2) is 35.3 Å². The molecule has 3 aromatic carbocycles. The number of nitrogens with zero attached hydrogens (tertiary/aromatic N) is 1. The number of fused-ring (bicyclic) bond motifs is 1. The van der Waals surface area contributed by atoms with Gasteiger partial charge < -0.3 is 14.6 Å². The number of piperidine rings is 1. The van der Waals surface area contributed by atoms with E-state index in [1.807, 2.05) is 0 Å². The molecule has 230 valence electrons. The number of benzene rings is 3. The van der Waals surface area contributed by atoms with E-state index in [1.54, 1.807) is 42.5 Å². The Morgan fingerprint density at radius 2 is 1.57 bits per heavy atom. The van der Waals surface area contributed by atoms with E-state index in [0.29, 0.717) is 16.6 Å². The third kappa shape index (κ3) is 6.98. The van der Waals surface area contributed by atoms with E-state index >= 15 is 0 Å². The van der Waals surface area contributed by atoms with E-state index < -0.39 is 58.4 Å². The topological polar surface area (TPSA) is 79.6 Å². The molecule has 0 radical (unpaired) electrons. The highest BCUT2D eigenvalue weighted by Crippen LogP contribution is 2.37. The number of hydrogen-bond acceptors (Lipinski definition) is 4. The first-order valence-electron chi connectivity index (χ1n) is 13.4. The van der Waals surface area contributed by atoms with Crippen molar-refractivity contribution < 1.29 is 40.3 Å². The summed E-state index contributed by atoms with van der Waals surface area (Å²) >= 11 is 3.28. The molecule has 6 nitrogen and oxygen atoms in total. The van der Waals surface area contributed by atoms with Gasteiger partial charge in [-0.05, 0) is 61.2 Å². The summed E-state index contributed by atoms with van der Waals surface area (Å²) in [7, 11) is 0. The standard InChI is InChI=1S/C31H23BrF6N2O4/c32-21-6-7-26-24(14-21)25(41)16-27(44-26)28(42)39-22-8-9-40(23(15-22)10-17-4-2-1-3-5-17)29(43)18-11-19(30(33,34)35)13-20(12-18)31(36,37)38/h1-7,11-14,16,22-23H,8-10,15H2,(H,39,42). The second-order valence-corrected chi connectivity index (χ2v) is 11.4. The Morgan fingerprint density at radius 1 is 0.909 bits per heavy atom. The second kappa shape index (κ2) is 12.1. The highest BCUT2D eigenvalue weighted by molar-refractivity contribution is 9.10. The number of alkyl halides is 6. The Kier molecular flexibility index (Phi) is 8.61. The van der Waals surface area contributed by atoms with Crippen LogP contribution >= 0.6 is 15.9 Å². The largest absolute Gasteiger partial charge is 0.451 e. The number of likely N-dealkylation sites (tertiary alicyclic amines) is 1. The van der Waals surface area contributed by atoms with E-state index in [4.69, 9.17) is 4.42 Å². The molecule has 0 spiro atoms. The van der Waals surface area contributed by atoms with Crippen LogP contribution in [-0.2, 0) is 18.8 Å². The Labute approximate surface area is 254 Å². The maximum absolute atomic E-state index is 13.5. The Morgan fingerprint density at radius 3 is 2.20 bits per heavy atom.